The molecule has 0 aromatic heterocycles. The average Bonchev–Trinajstić information content (AvgIpc) is 3.23. The molecule has 0 spiro atoms. The lowest BCUT2D eigenvalue weighted by Gasteiger charge is -2.33. The van der Waals surface area contributed by atoms with Crippen LogP contribution in [0.5, 0.6) is 0 Å². The average molecular weight is 291 g/mol. The number of carbonyl (C=O) groups is 1. The Morgan fingerprint density at radius 2 is 2.14 bits per heavy atom. The minimum Gasteiger partial charge on any atom is -0.317 e. The second-order valence-corrected chi connectivity index (χ2v) is 5.50. The number of nitrogens with zero attached hydrogens (tertiary/aromatic N) is 3. The second-order valence-electron chi connectivity index (χ2n) is 5.50. The highest BCUT2D eigenvalue weighted by Gasteiger charge is 2.42. The Kier molecular flexibility index (Phi) is 3.64. The predicted molar refractivity (Wildman–Crippen MR) is 71.9 cm³/mol. The molecule has 0 saturated heterocycles. The predicted octanol–water partition coefficient (Wildman–Crippen LogP) is 2.64. The molecule has 2 rings (SSSR count). The first-order valence-electron chi connectivity index (χ1n) is 6.47. The van der Waals surface area contributed by atoms with E-state index >= 15 is 0 Å². The minimum atomic E-state index is -1.03. The van der Waals surface area contributed by atoms with E-state index in [2.05, 4.69) is 6.07 Å². The monoisotopic (exact) mass is 291 g/mol. The fourth-order valence-corrected chi connectivity index (χ4v) is 2.19. The van der Waals surface area contributed by atoms with Crippen LogP contribution < -0.4 is 0 Å². The summed E-state index contributed by atoms with van der Waals surface area (Å²) in [6, 6.07) is 5.03. The molecule has 21 heavy (non-hydrogen) atoms. The van der Waals surface area contributed by atoms with Crippen LogP contribution in [0.4, 0.5) is 10.1 Å². The first-order valence-corrected chi connectivity index (χ1v) is 6.47. The van der Waals surface area contributed by atoms with Crippen LogP contribution in [0.1, 0.15) is 37.0 Å². The van der Waals surface area contributed by atoms with Crippen LogP contribution in [-0.2, 0) is 0 Å². The van der Waals surface area contributed by atoms with Gasteiger partial charge in [0.1, 0.15) is 5.54 Å². The van der Waals surface area contributed by atoms with Crippen molar-refractivity contribution >= 4 is 11.6 Å². The van der Waals surface area contributed by atoms with Crippen LogP contribution in [0.25, 0.3) is 0 Å². The van der Waals surface area contributed by atoms with Crippen molar-refractivity contribution in [1.82, 2.24) is 4.90 Å². The number of nitro groups is 1. The number of benzene rings is 1. The molecular weight excluding hydrogens is 277 g/mol. The Bertz CT molecular complexity index is 647. The topological polar surface area (TPSA) is 87.2 Å². The van der Waals surface area contributed by atoms with E-state index in [1.54, 1.807) is 13.8 Å². The molecule has 110 valence electrons. The molecule has 0 radical (unpaired) electrons. The second kappa shape index (κ2) is 5.13. The van der Waals surface area contributed by atoms with E-state index in [1.807, 2.05) is 0 Å². The van der Waals surface area contributed by atoms with Gasteiger partial charge in [0.2, 0.25) is 5.82 Å². The Balaban J connectivity index is 2.41. The van der Waals surface area contributed by atoms with E-state index in [1.165, 1.54) is 11.0 Å². The van der Waals surface area contributed by atoms with Crippen molar-refractivity contribution < 1.29 is 14.1 Å². The fourth-order valence-electron chi connectivity index (χ4n) is 2.19. The van der Waals surface area contributed by atoms with Crippen molar-refractivity contribution in [3.8, 4) is 6.07 Å². The van der Waals surface area contributed by atoms with Gasteiger partial charge in [-0.25, -0.2) is 0 Å². The van der Waals surface area contributed by atoms with E-state index in [-0.39, 0.29) is 11.6 Å². The molecule has 1 saturated carbocycles. The Morgan fingerprint density at radius 1 is 1.52 bits per heavy atom. The third-order valence-corrected chi connectivity index (χ3v) is 3.40. The summed E-state index contributed by atoms with van der Waals surface area (Å²) in [5.74, 6) is -1.48. The van der Waals surface area contributed by atoms with Crippen molar-refractivity contribution in [1.29, 1.82) is 5.26 Å². The highest BCUT2D eigenvalue weighted by atomic mass is 19.1. The van der Waals surface area contributed by atoms with Crippen LogP contribution in [-0.4, -0.2) is 27.3 Å². The summed E-state index contributed by atoms with van der Waals surface area (Å²) in [5, 5.41) is 20.0. The van der Waals surface area contributed by atoms with Gasteiger partial charge in [-0.3, -0.25) is 14.9 Å². The van der Waals surface area contributed by atoms with E-state index in [4.69, 9.17) is 0 Å². The molecule has 1 amide bonds. The molecule has 0 bridgehead atoms. The Hall–Kier alpha value is -2.49. The summed E-state index contributed by atoms with van der Waals surface area (Å²) in [6.07, 6.45) is 1.58. The first-order chi connectivity index (χ1) is 9.77. The van der Waals surface area contributed by atoms with Crippen molar-refractivity contribution in [3.05, 3.63) is 39.7 Å². The van der Waals surface area contributed by atoms with Crippen molar-refractivity contribution in [2.45, 2.75) is 38.3 Å². The molecule has 0 unspecified atom stereocenters. The quantitative estimate of drug-likeness (QED) is 0.630. The SMILES string of the molecule is CC(C)(C#N)N(C(=O)c1ccc(F)c([N+](=O)[O-])c1)C1CC1. The molecule has 0 N–H and O–H groups in total. The number of hydrogen-bond acceptors (Lipinski definition) is 4. The minimum absolute atomic E-state index is 0.0123. The normalized spacial score (nSPS) is 14.4. The van der Waals surface area contributed by atoms with Gasteiger partial charge in [0, 0.05) is 17.7 Å². The molecule has 0 aliphatic heterocycles. The van der Waals surface area contributed by atoms with E-state index < -0.39 is 27.9 Å². The first kappa shape index (κ1) is 14.9. The maximum Gasteiger partial charge on any atom is 0.305 e. The molecular formula is C14H14FN3O3. The van der Waals surface area contributed by atoms with Gasteiger partial charge in [-0.2, -0.15) is 9.65 Å². The summed E-state index contributed by atoms with van der Waals surface area (Å²) in [6.45, 7) is 3.22. The zero-order valence-electron chi connectivity index (χ0n) is 11.7. The number of hydrogen-bond donors (Lipinski definition) is 0. The standard InChI is InChI=1S/C14H14FN3O3/c1-14(2,8-16)17(10-4-5-10)13(19)9-3-6-11(15)12(7-9)18(20)21/h3,6-7,10H,4-5H2,1-2H3. The molecule has 7 heteroatoms. The number of rotatable bonds is 4. The third-order valence-electron chi connectivity index (χ3n) is 3.40. The number of amides is 1. The lowest BCUT2D eigenvalue weighted by molar-refractivity contribution is -0.387. The van der Waals surface area contributed by atoms with Crippen molar-refractivity contribution in [3.63, 3.8) is 0 Å². The molecule has 6 nitrogen and oxygen atoms in total. The molecule has 1 aliphatic carbocycles. The smallest absolute Gasteiger partial charge is 0.305 e. The van der Waals surface area contributed by atoms with Gasteiger partial charge >= 0.3 is 5.69 Å². The maximum atomic E-state index is 13.3. The summed E-state index contributed by atoms with van der Waals surface area (Å²) >= 11 is 0. The van der Waals surface area contributed by atoms with Crippen molar-refractivity contribution in [2.75, 3.05) is 0 Å². The fraction of sp³-hybridized carbons (Fsp3) is 0.429. The maximum absolute atomic E-state index is 13.3. The zero-order valence-corrected chi connectivity index (χ0v) is 11.7. The molecule has 1 aromatic carbocycles. The molecule has 1 aliphatic rings. The number of nitro benzene ring substituents is 1. The highest BCUT2D eigenvalue weighted by molar-refractivity contribution is 5.96. The van der Waals surface area contributed by atoms with Crippen LogP contribution >= 0.6 is 0 Å². The zero-order chi connectivity index (χ0) is 15.8. The van der Waals surface area contributed by atoms with Gasteiger partial charge < -0.3 is 4.90 Å². The Labute approximate surface area is 120 Å². The van der Waals surface area contributed by atoms with Gasteiger partial charge in [0.25, 0.3) is 5.91 Å². The molecule has 1 fully saturated rings. The lowest BCUT2D eigenvalue weighted by Crippen LogP contribution is -2.48. The summed E-state index contributed by atoms with van der Waals surface area (Å²) in [7, 11) is 0. The van der Waals surface area contributed by atoms with Gasteiger partial charge in [0.05, 0.1) is 11.0 Å². The molecule has 1 aromatic rings. The van der Waals surface area contributed by atoms with Gasteiger partial charge in [0.15, 0.2) is 0 Å². The van der Waals surface area contributed by atoms with E-state index in [9.17, 15) is 24.6 Å². The lowest BCUT2D eigenvalue weighted by atomic mass is 10.0. The molecule has 0 atom stereocenters. The number of carbonyl (C=O) groups excluding carboxylic acids is 1. The summed E-state index contributed by atoms with van der Waals surface area (Å²) in [5.41, 5.74) is -1.76. The van der Waals surface area contributed by atoms with Crippen LogP contribution in [0.2, 0.25) is 0 Å². The van der Waals surface area contributed by atoms with E-state index in [0.717, 1.165) is 25.0 Å². The number of halogens is 1. The van der Waals surface area contributed by atoms with Crippen molar-refractivity contribution in [2.24, 2.45) is 0 Å². The summed E-state index contributed by atoms with van der Waals surface area (Å²) in [4.78, 5) is 23.9. The van der Waals surface area contributed by atoms with E-state index in [0.29, 0.717) is 0 Å². The summed E-state index contributed by atoms with van der Waals surface area (Å²) < 4.78 is 13.3. The van der Waals surface area contributed by atoms with Gasteiger partial charge in [-0.05, 0) is 38.8 Å². The highest BCUT2D eigenvalue weighted by Crippen LogP contribution is 2.34. The molecule has 0 heterocycles. The third kappa shape index (κ3) is 2.84. The Morgan fingerprint density at radius 3 is 2.62 bits per heavy atom. The number of nitriles is 1. The van der Waals surface area contributed by atoms with Crippen LogP contribution in [0.3, 0.4) is 0 Å². The van der Waals surface area contributed by atoms with Crippen LogP contribution in [0.15, 0.2) is 18.2 Å². The van der Waals surface area contributed by atoms with Gasteiger partial charge in [-0.1, -0.05) is 0 Å². The van der Waals surface area contributed by atoms with Crippen LogP contribution in [0, 0.1) is 27.3 Å². The largest absolute Gasteiger partial charge is 0.317 e. The van der Waals surface area contributed by atoms with Gasteiger partial charge in [-0.15, -0.1) is 0 Å².